The lowest BCUT2D eigenvalue weighted by molar-refractivity contribution is 0.434. The van der Waals surface area contributed by atoms with Crippen LogP contribution in [0.5, 0.6) is 0 Å². The predicted octanol–water partition coefficient (Wildman–Crippen LogP) is -0.613. The van der Waals surface area contributed by atoms with Crippen molar-refractivity contribution in [3.05, 3.63) is 0 Å². The van der Waals surface area contributed by atoms with E-state index in [0.29, 0.717) is 0 Å². The van der Waals surface area contributed by atoms with Crippen molar-refractivity contribution in [1.29, 1.82) is 0 Å². The van der Waals surface area contributed by atoms with E-state index in [9.17, 15) is 0 Å². The molecule has 0 atom stereocenters. The highest BCUT2D eigenvalue weighted by molar-refractivity contribution is 4.25. The van der Waals surface area contributed by atoms with Crippen LogP contribution >= 0.6 is 0 Å². The molecule has 0 saturated heterocycles. The second kappa shape index (κ2) is 9.30. The molecule has 0 heterocycles. The van der Waals surface area contributed by atoms with Crippen molar-refractivity contribution in [2.75, 3.05) is 20.6 Å². The summed E-state index contributed by atoms with van der Waals surface area (Å²) >= 11 is 0. The summed E-state index contributed by atoms with van der Waals surface area (Å²) in [6.45, 7) is 3.26. The Morgan fingerprint density at radius 1 is 1.29 bits per heavy atom. The highest BCUT2D eigenvalue weighted by Gasteiger charge is 1.72. The van der Waals surface area contributed by atoms with Crippen LogP contribution in [-0.2, 0) is 0 Å². The van der Waals surface area contributed by atoms with Crippen LogP contribution in [0.3, 0.4) is 0 Å². The van der Waals surface area contributed by atoms with E-state index in [1.807, 2.05) is 0 Å². The van der Waals surface area contributed by atoms with Crippen molar-refractivity contribution in [3.63, 3.8) is 0 Å². The van der Waals surface area contributed by atoms with Crippen LogP contribution in [0, 0.1) is 0 Å². The van der Waals surface area contributed by atoms with E-state index in [2.05, 4.69) is 37.6 Å². The molecule has 7 heavy (non-hydrogen) atoms. The monoisotopic (exact) mass is 105 g/mol. The van der Waals surface area contributed by atoms with E-state index in [0.717, 1.165) is 6.54 Å². The highest BCUT2D eigenvalue weighted by Crippen LogP contribution is 1.63. The molecule has 0 aliphatic heterocycles. The van der Waals surface area contributed by atoms with Crippen molar-refractivity contribution in [3.8, 4) is 0 Å². The molecule has 0 aliphatic carbocycles. The molecule has 3 nitrogen and oxygen atoms in total. The van der Waals surface area contributed by atoms with E-state index >= 15 is 0 Å². The first-order valence-corrected chi connectivity index (χ1v) is 2.25. The number of hydrogen-bond donors (Lipinski definition) is 2. The van der Waals surface area contributed by atoms with Crippen molar-refractivity contribution in [1.82, 2.24) is 4.90 Å². The Morgan fingerprint density at radius 2 is 1.43 bits per heavy atom. The molecule has 0 radical (unpaired) electrons. The molecule has 0 amide bonds. The lowest BCUT2D eigenvalue weighted by Gasteiger charge is -2.00. The van der Waals surface area contributed by atoms with Crippen LogP contribution in [0.1, 0.15) is 6.92 Å². The maximum absolute atomic E-state index is 4.00. The maximum Gasteiger partial charge on any atom is -0.00533 e. The zero-order valence-electron chi connectivity index (χ0n) is 5.31. The molecule has 0 fully saturated rings. The van der Waals surface area contributed by atoms with Gasteiger partial charge in [-0.25, -0.2) is 0 Å². The third kappa shape index (κ3) is 25.0. The second-order valence-corrected chi connectivity index (χ2v) is 1.40. The lowest BCUT2D eigenvalue weighted by atomic mass is 10.7. The van der Waals surface area contributed by atoms with E-state index in [4.69, 9.17) is 0 Å². The van der Waals surface area contributed by atoms with Gasteiger partial charge in [0, 0.05) is 0 Å². The first-order valence-electron chi connectivity index (χ1n) is 2.25. The third-order valence-corrected chi connectivity index (χ3v) is 0.632. The summed E-state index contributed by atoms with van der Waals surface area (Å²) in [5, 5.41) is 0. The Kier molecular flexibility index (Phi) is 13.3. The highest BCUT2D eigenvalue weighted by atomic mass is 15.0. The largest absolute Gasteiger partial charge is 0.310 e. The van der Waals surface area contributed by atoms with Crippen molar-refractivity contribution < 1.29 is 0 Å². The minimum Gasteiger partial charge on any atom is -0.310 e. The summed E-state index contributed by atoms with van der Waals surface area (Å²) in [7, 11) is 4.11. The fraction of sp³-hybridized carbons (Fsp3) is 1.00. The zero-order valence-corrected chi connectivity index (χ0v) is 5.31. The molecule has 0 aromatic rings. The molecular formula is C4H15N3. The van der Waals surface area contributed by atoms with Crippen LogP contribution in [-0.4, -0.2) is 25.5 Å². The minimum atomic E-state index is 1.14. The van der Waals surface area contributed by atoms with Gasteiger partial charge in [0.2, 0.25) is 0 Å². The zero-order chi connectivity index (χ0) is 6.28. The van der Waals surface area contributed by atoms with Crippen LogP contribution < -0.4 is 11.7 Å². The number of nitrogens with zero attached hydrogens (tertiary/aromatic N) is 1. The molecular weight excluding hydrogens is 90.1 g/mol. The fourth-order valence-electron chi connectivity index (χ4n) is 0. The normalized spacial score (nSPS) is 7.71. The standard InChI is InChI=1S/C4H11N.H4N2/c1-4-5(2)3;1-2/h4H2,1-3H3;1-2H2. The van der Waals surface area contributed by atoms with E-state index in [1.54, 1.807) is 0 Å². The predicted molar refractivity (Wildman–Crippen MR) is 32.6 cm³/mol. The molecule has 4 N–H and O–H groups in total. The third-order valence-electron chi connectivity index (χ3n) is 0.632. The summed E-state index contributed by atoms with van der Waals surface area (Å²) in [6.07, 6.45) is 0. The average molecular weight is 105 g/mol. The van der Waals surface area contributed by atoms with Gasteiger partial charge < -0.3 is 4.90 Å². The molecule has 0 aromatic heterocycles. The Balaban J connectivity index is 0. The Bertz CT molecular complexity index is 20.9. The van der Waals surface area contributed by atoms with Gasteiger partial charge in [-0.1, -0.05) is 6.92 Å². The van der Waals surface area contributed by atoms with Crippen molar-refractivity contribution in [2.45, 2.75) is 6.92 Å². The van der Waals surface area contributed by atoms with Gasteiger partial charge in [-0.15, -0.1) is 0 Å². The fourth-order valence-corrected chi connectivity index (χ4v) is 0. The van der Waals surface area contributed by atoms with Gasteiger partial charge >= 0.3 is 0 Å². The Hall–Kier alpha value is -0.120. The summed E-state index contributed by atoms with van der Waals surface area (Å²) in [5.74, 6) is 8.00. The number of hydrogen-bond acceptors (Lipinski definition) is 3. The first kappa shape index (κ1) is 9.99. The SMILES string of the molecule is CCN(C)C.NN. The molecule has 3 heteroatoms. The van der Waals surface area contributed by atoms with Gasteiger partial charge in [0.05, 0.1) is 0 Å². The molecule has 0 bridgehead atoms. The summed E-state index contributed by atoms with van der Waals surface area (Å²) in [5.41, 5.74) is 0. The summed E-state index contributed by atoms with van der Waals surface area (Å²) in [4.78, 5) is 2.12. The van der Waals surface area contributed by atoms with Crippen LogP contribution in [0.2, 0.25) is 0 Å². The summed E-state index contributed by atoms with van der Waals surface area (Å²) < 4.78 is 0. The molecule has 0 unspecified atom stereocenters. The average Bonchev–Trinajstić information content (AvgIpc) is 1.73. The number of nitrogens with two attached hydrogens (primary N) is 2. The van der Waals surface area contributed by atoms with Crippen molar-refractivity contribution >= 4 is 0 Å². The smallest absolute Gasteiger partial charge is 0.00533 e. The van der Waals surface area contributed by atoms with Crippen LogP contribution in [0.4, 0.5) is 0 Å². The minimum absolute atomic E-state index is 1.14. The number of hydrazine groups is 1. The molecule has 0 saturated carbocycles. The van der Waals surface area contributed by atoms with E-state index in [-0.39, 0.29) is 0 Å². The van der Waals surface area contributed by atoms with Gasteiger partial charge in [0.1, 0.15) is 0 Å². The molecule has 46 valence electrons. The van der Waals surface area contributed by atoms with Crippen LogP contribution in [0.15, 0.2) is 0 Å². The molecule has 0 aliphatic rings. The Morgan fingerprint density at radius 3 is 1.43 bits per heavy atom. The topological polar surface area (TPSA) is 55.3 Å². The van der Waals surface area contributed by atoms with Gasteiger partial charge in [-0.2, -0.15) is 0 Å². The van der Waals surface area contributed by atoms with E-state index < -0.39 is 0 Å². The van der Waals surface area contributed by atoms with E-state index in [1.165, 1.54) is 0 Å². The Labute approximate surface area is 45.2 Å². The van der Waals surface area contributed by atoms with Crippen molar-refractivity contribution in [2.24, 2.45) is 11.7 Å². The number of rotatable bonds is 1. The molecule has 0 aromatic carbocycles. The quantitative estimate of drug-likeness (QED) is 0.345. The second-order valence-electron chi connectivity index (χ2n) is 1.40. The van der Waals surface area contributed by atoms with Gasteiger partial charge in [0.25, 0.3) is 0 Å². The van der Waals surface area contributed by atoms with Crippen LogP contribution in [0.25, 0.3) is 0 Å². The lowest BCUT2D eigenvalue weighted by Crippen LogP contribution is -2.08. The first-order chi connectivity index (χ1) is 3.27. The molecule has 0 spiro atoms. The maximum atomic E-state index is 4.00. The summed E-state index contributed by atoms with van der Waals surface area (Å²) in [6, 6.07) is 0. The van der Waals surface area contributed by atoms with Gasteiger partial charge in [0.15, 0.2) is 0 Å². The van der Waals surface area contributed by atoms with Gasteiger partial charge in [-0.05, 0) is 20.6 Å². The van der Waals surface area contributed by atoms with Gasteiger partial charge in [-0.3, -0.25) is 11.7 Å². The molecule has 0 rings (SSSR count).